The molecule has 0 heterocycles. The number of para-hydroxylation sites is 1. The quantitative estimate of drug-likeness (QED) is 0.659. The lowest BCUT2D eigenvalue weighted by molar-refractivity contribution is -0.123. The smallest absolute Gasteiger partial charge is 0.237 e. The first-order chi connectivity index (χ1) is 10.3. The van der Waals surface area contributed by atoms with Crippen molar-refractivity contribution >= 4 is 11.8 Å². The first-order valence-electron chi connectivity index (χ1n) is 7.34. The fourth-order valence-electron chi connectivity index (χ4n) is 2.06. The van der Waals surface area contributed by atoms with Crippen LogP contribution in [0.15, 0.2) is 18.2 Å². The second-order valence-corrected chi connectivity index (χ2v) is 5.55. The largest absolute Gasteiger partial charge is 0.491 e. The van der Waals surface area contributed by atoms with Gasteiger partial charge in [0.15, 0.2) is 0 Å². The number of ether oxygens (including phenoxy) is 1. The number of hydrogen-bond acceptors (Lipinski definition) is 4. The van der Waals surface area contributed by atoms with Gasteiger partial charge in [-0.1, -0.05) is 18.2 Å². The van der Waals surface area contributed by atoms with Crippen LogP contribution in [0.2, 0.25) is 0 Å². The number of rotatable bonds is 8. The number of carbonyl (C=O) groups is 2. The van der Waals surface area contributed by atoms with E-state index in [0.29, 0.717) is 6.61 Å². The van der Waals surface area contributed by atoms with Crippen LogP contribution in [0.5, 0.6) is 5.75 Å². The topological polar surface area (TPSA) is 107 Å². The van der Waals surface area contributed by atoms with Crippen molar-refractivity contribution in [2.24, 2.45) is 11.5 Å². The van der Waals surface area contributed by atoms with Crippen LogP contribution in [0.25, 0.3) is 0 Å². The molecule has 6 nitrogen and oxygen atoms in total. The fraction of sp³-hybridized carbons (Fsp3) is 0.500. The predicted octanol–water partition coefficient (Wildman–Crippen LogP) is 0.780. The SMILES string of the molecule is Cc1cccc(C)c1OCC(C)NC(=O)[C@@H](N)CCC(N)=O. The van der Waals surface area contributed by atoms with Gasteiger partial charge in [-0.3, -0.25) is 9.59 Å². The minimum absolute atomic E-state index is 0.0991. The molecule has 0 aliphatic heterocycles. The average Bonchev–Trinajstić information content (AvgIpc) is 2.44. The van der Waals surface area contributed by atoms with E-state index in [-0.39, 0.29) is 24.8 Å². The summed E-state index contributed by atoms with van der Waals surface area (Å²) in [6.07, 6.45) is 0.341. The predicted molar refractivity (Wildman–Crippen MR) is 85.4 cm³/mol. The molecule has 0 aliphatic carbocycles. The molecule has 2 amide bonds. The van der Waals surface area contributed by atoms with Crippen LogP contribution in [0, 0.1) is 13.8 Å². The Morgan fingerprint density at radius 1 is 1.27 bits per heavy atom. The van der Waals surface area contributed by atoms with Crippen molar-refractivity contribution in [3.8, 4) is 5.75 Å². The molecule has 0 fully saturated rings. The van der Waals surface area contributed by atoms with Gasteiger partial charge in [-0.25, -0.2) is 0 Å². The number of aryl methyl sites for hydroxylation is 2. The van der Waals surface area contributed by atoms with E-state index in [2.05, 4.69) is 5.32 Å². The zero-order valence-corrected chi connectivity index (χ0v) is 13.4. The van der Waals surface area contributed by atoms with E-state index in [0.717, 1.165) is 16.9 Å². The van der Waals surface area contributed by atoms with Crippen LogP contribution < -0.4 is 21.5 Å². The van der Waals surface area contributed by atoms with Gasteiger partial charge in [0.2, 0.25) is 11.8 Å². The van der Waals surface area contributed by atoms with Gasteiger partial charge < -0.3 is 21.5 Å². The maximum absolute atomic E-state index is 11.9. The van der Waals surface area contributed by atoms with E-state index in [9.17, 15) is 9.59 Å². The van der Waals surface area contributed by atoms with Crippen molar-refractivity contribution in [1.29, 1.82) is 0 Å². The third kappa shape index (κ3) is 5.73. The van der Waals surface area contributed by atoms with Gasteiger partial charge in [0.1, 0.15) is 12.4 Å². The summed E-state index contributed by atoms with van der Waals surface area (Å²) in [7, 11) is 0. The lowest BCUT2D eigenvalue weighted by Crippen LogP contribution is -2.46. The molecular formula is C16H25N3O3. The number of carbonyl (C=O) groups excluding carboxylic acids is 2. The van der Waals surface area contributed by atoms with Crippen LogP contribution in [-0.4, -0.2) is 30.5 Å². The molecule has 0 radical (unpaired) electrons. The van der Waals surface area contributed by atoms with E-state index in [1.54, 1.807) is 0 Å². The van der Waals surface area contributed by atoms with Crippen molar-refractivity contribution in [1.82, 2.24) is 5.32 Å². The molecule has 0 aromatic heterocycles. The number of nitrogens with one attached hydrogen (secondary N) is 1. The Kier molecular flexibility index (Phi) is 6.85. The van der Waals surface area contributed by atoms with Gasteiger partial charge in [-0.05, 0) is 38.3 Å². The van der Waals surface area contributed by atoms with Crippen LogP contribution in [0.1, 0.15) is 30.9 Å². The molecule has 2 atom stereocenters. The van der Waals surface area contributed by atoms with E-state index < -0.39 is 11.9 Å². The van der Waals surface area contributed by atoms with Gasteiger partial charge in [-0.15, -0.1) is 0 Å². The van der Waals surface area contributed by atoms with E-state index in [1.165, 1.54) is 0 Å². The van der Waals surface area contributed by atoms with Crippen LogP contribution in [0.3, 0.4) is 0 Å². The summed E-state index contributed by atoms with van der Waals surface area (Å²) in [6.45, 7) is 6.14. The highest BCUT2D eigenvalue weighted by atomic mass is 16.5. The third-order valence-corrected chi connectivity index (χ3v) is 3.31. The highest BCUT2D eigenvalue weighted by Gasteiger charge is 2.17. The molecular weight excluding hydrogens is 282 g/mol. The van der Waals surface area contributed by atoms with Crippen molar-refractivity contribution in [2.45, 2.75) is 45.7 Å². The highest BCUT2D eigenvalue weighted by molar-refractivity contribution is 5.82. The Hall–Kier alpha value is -2.08. The maximum Gasteiger partial charge on any atom is 0.237 e. The first kappa shape index (κ1) is 18.0. The zero-order valence-electron chi connectivity index (χ0n) is 13.4. The Morgan fingerprint density at radius 3 is 2.41 bits per heavy atom. The minimum Gasteiger partial charge on any atom is -0.491 e. The average molecular weight is 307 g/mol. The fourth-order valence-corrected chi connectivity index (χ4v) is 2.06. The summed E-state index contributed by atoms with van der Waals surface area (Å²) in [6, 6.07) is 5.00. The molecule has 1 aromatic rings. The molecule has 6 heteroatoms. The second-order valence-electron chi connectivity index (χ2n) is 5.55. The van der Waals surface area contributed by atoms with Gasteiger partial charge in [0.25, 0.3) is 0 Å². The maximum atomic E-state index is 11.9. The molecule has 122 valence electrons. The van der Waals surface area contributed by atoms with Crippen molar-refractivity contribution in [3.05, 3.63) is 29.3 Å². The van der Waals surface area contributed by atoms with Crippen molar-refractivity contribution < 1.29 is 14.3 Å². The van der Waals surface area contributed by atoms with E-state index >= 15 is 0 Å². The summed E-state index contributed by atoms with van der Waals surface area (Å²) in [5.41, 5.74) is 12.9. The number of primary amides is 1. The van der Waals surface area contributed by atoms with Crippen LogP contribution in [-0.2, 0) is 9.59 Å². The zero-order chi connectivity index (χ0) is 16.7. The molecule has 1 rings (SSSR count). The monoisotopic (exact) mass is 307 g/mol. The number of amides is 2. The molecule has 0 bridgehead atoms. The number of benzene rings is 1. The molecule has 0 spiro atoms. The Labute approximate surface area is 131 Å². The van der Waals surface area contributed by atoms with Crippen LogP contribution in [0.4, 0.5) is 0 Å². The summed E-state index contributed by atoms with van der Waals surface area (Å²) >= 11 is 0. The Bertz CT molecular complexity index is 511. The lowest BCUT2D eigenvalue weighted by atomic mass is 10.1. The van der Waals surface area contributed by atoms with Crippen molar-refractivity contribution in [3.63, 3.8) is 0 Å². The van der Waals surface area contributed by atoms with E-state index in [1.807, 2.05) is 39.0 Å². The molecule has 22 heavy (non-hydrogen) atoms. The second kappa shape index (κ2) is 8.38. The molecule has 5 N–H and O–H groups in total. The summed E-state index contributed by atoms with van der Waals surface area (Å²) in [5, 5.41) is 2.77. The van der Waals surface area contributed by atoms with Gasteiger partial charge in [0, 0.05) is 6.42 Å². The summed E-state index contributed by atoms with van der Waals surface area (Å²) in [4.78, 5) is 22.6. The van der Waals surface area contributed by atoms with Gasteiger partial charge >= 0.3 is 0 Å². The molecule has 0 saturated carbocycles. The van der Waals surface area contributed by atoms with Crippen molar-refractivity contribution in [2.75, 3.05) is 6.61 Å². The third-order valence-electron chi connectivity index (χ3n) is 3.31. The Morgan fingerprint density at radius 2 is 1.86 bits per heavy atom. The lowest BCUT2D eigenvalue weighted by Gasteiger charge is -2.19. The van der Waals surface area contributed by atoms with Gasteiger partial charge in [0.05, 0.1) is 12.1 Å². The number of hydrogen-bond donors (Lipinski definition) is 3. The molecule has 0 aliphatic rings. The molecule has 1 unspecified atom stereocenters. The number of nitrogens with two attached hydrogens (primary N) is 2. The first-order valence-corrected chi connectivity index (χ1v) is 7.34. The molecule has 1 aromatic carbocycles. The summed E-state index contributed by atoms with van der Waals surface area (Å²) in [5.74, 6) is 0.0649. The van der Waals surface area contributed by atoms with E-state index in [4.69, 9.17) is 16.2 Å². The normalized spacial score (nSPS) is 13.3. The van der Waals surface area contributed by atoms with Gasteiger partial charge in [-0.2, -0.15) is 0 Å². The molecule has 0 saturated heterocycles. The minimum atomic E-state index is -0.741. The van der Waals surface area contributed by atoms with Crippen LogP contribution >= 0.6 is 0 Å². The standard InChI is InChI=1S/C16H25N3O3/c1-10-5-4-6-11(2)15(10)22-9-12(3)19-16(21)13(17)7-8-14(18)20/h4-6,12-13H,7-9,17H2,1-3H3,(H2,18,20)(H,19,21)/t12?,13-/m0/s1. The summed E-state index contributed by atoms with van der Waals surface area (Å²) < 4.78 is 5.78. The Balaban J connectivity index is 2.44. The highest BCUT2D eigenvalue weighted by Crippen LogP contribution is 2.22.